The van der Waals surface area contributed by atoms with Gasteiger partial charge in [0.25, 0.3) is 5.91 Å². The molecular formula is C19H21N5O. The van der Waals surface area contributed by atoms with Crippen LogP contribution in [-0.4, -0.2) is 46.0 Å². The number of likely N-dealkylation sites (N-methyl/N-ethyl adjacent to an activating group) is 1. The monoisotopic (exact) mass is 335 g/mol. The summed E-state index contributed by atoms with van der Waals surface area (Å²) in [5.41, 5.74) is 1.74. The number of hydrogen-bond acceptors (Lipinski definition) is 4. The molecule has 1 N–H and O–H groups in total. The zero-order valence-corrected chi connectivity index (χ0v) is 14.3. The Morgan fingerprint density at radius 1 is 1.20 bits per heavy atom. The van der Waals surface area contributed by atoms with Gasteiger partial charge in [0.15, 0.2) is 0 Å². The average molecular weight is 335 g/mol. The van der Waals surface area contributed by atoms with Crippen LogP contribution in [-0.2, 0) is 0 Å². The van der Waals surface area contributed by atoms with Crippen molar-refractivity contribution in [1.29, 1.82) is 0 Å². The topological polar surface area (TPSA) is 63.1 Å². The highest BCUT2D eigenvalue weighted by Gasteiger charge is 2.16. The normalized spacial score (nSPS) is 12.1. The van der Waals surface area contributed by atoms with E-state index in [1.54, 1.807) is 41.6 Å². The van der Waals surface area contributed by atoms with Crippen LogP contribution in [0, 0.1) is 0 Å². The van der Waals surface area contributed by atoms with Gasteiger partial charge in [-0.1, -0.05) is 30.3 Å². The average Bonchev–Trinajstić information content (AvgIpc) is 3.17. The van der Waals surface area contributed by atoms with Crippen molar-refractivity contribution >= 4 is 5.91 Å². The first-order valence-electron chi connectivity index (χ1n) is 8.09. The Balaban J connectivity index is 1.71. The van der Waals surface area contributed by atoms with Gasteiger partial charge < -0.3 is 10.2 Å². The molecule has 1 aromatic carbocycles. The van der Waals surface area contributed by atoms with Gasteiger partial charge in [0, 0.05) is 30.7 Å². The summed E-state index contributed by atoms with van der Waals surface area (Å²) < 4.78 is 1.77. The second-order valence-electron chi connectivity index (χ2n) is 5.97. The highest BCUT2D eigenvalue weighted by atomic mass is 16.1. The Kier molecular flexibility index (Phi) is 5.20. The highest BCUT2D eigenvalue weighted by Crippen LogP contribution is 2.17. The third-order valence-electron chi connectivity index (χ3n) is 4.04. The lowest BCUT2D eigenvalue weighted by molar-refractivity contribution is 0.0941. The van der Waals surface area contributed by atoms with Gasteiger partial charge in [0.2, 0.25) is 0 Å². The number of aromatic nitrogens is 3. The summed E-state index contributed by atoms with van der Waals surface area (Å²) in [4.78, 5) is 22.9. The maximum absolute atomic E-state index is 12.5. The quantitative estimate of drug-likeness (QED) is 0.751. The minimum absolute atomic E-state index is 0.111. The van der Waals surface area contributed by atoms with E-state index >= 15 is 0 Å². The van der Waals surface area contributed by atoms with Crippen molar-refractivity contribution in [3.05, 3.63) is 78.5 Å². The first kappa shape index (κ1) is 16.9. The lowest BCUT2D eigenvalue weighted by Gasteiger charge is -2.25. The molecule has 1 unspecified atom stereocenters. The maximum Gasteiger partial charge on any atom is 0.251 e. The molecule has 0 spiro atoms. The number of hydrogen-bond donors (Lipinski definition) is 1. The number of carbonyl (C=O) groups excluding carboxylic acids is 1. The van der Waals surface area contributed by atoms with Crippen LogP contribution >= 0.6 is 0 Å². The minimum atomic E-state index is -0.119. The molecule has 2 heterocycles. The second-order valence-corrected chi connectivity index (χ2v) is 5.97. The predicted molar refractivity (Wildman–Crippen MR) is 96.6 cm³/mol. The molecule has 3 rings (SSSR count). The largest absolute Gasteiger partial charge is 0.350 e. The molecule has 3 aromatic rings. The maximum atomic E-state index is 12.5. The molecule has 1 amide bonds. The minimum Gasteiger partial charge on any atom is -0.350 e. The molecule has 0 radical (unpaired) electrons. The van der Waals surface area contributed by atoms with Crippen molar-refractivity contribution in [2.24, 2.45) is 0 Å². The molecule has 0 saturated heterocycles. The van der Waals surface area contributed by atoms with Gasteiger partial charge in [-0.25, -0.2) is 9.97 Å². The number of amides is 1. The van der Waals surface area contributed by atoms with Crippen molar-refractivity contribution in [2.45, 2.75) is 6.04 Å². The molecule has 6 nitrogen and oxygen atoms in total. The summed E-state index contributed by atoms with van der Waals surface area (Å²) in [7, 11) is 4.01. The molecule has 2 aromatic heterocycles. The van der Waals surface area contributed by atoms with E-state index < -0.39 is 0 Å². The lowest BCUT2D eigenvalue weighted by atomic mass is 10.1. The molecule has 6 heteroatoms. The Morgan fingerprint density at radius 3 is 2.68 bits per heavy atom. The van der Waals surface area contributed by atoms with Crippen LogP contribution in [0.3, 0.4) is 0 Å². The first-order chi connectivity index (χ1) is 12.1. The van der Waals surface area contributed by atoms with Crippen molar-refractivity contribution in [1.82, 2.24) is 24.8 Å². The molecule has 128 valence electrons. The van der Waals surface area contributed by atoms with Crippen molar-refractivity contribution in [2.75, 3.05) is 20.6 Å². The summed E-state index contributed by atoms with van der Waals surface area (Å²) in [6.07, 6.45) is 6.75. The van der Waals surface area contributed by atoms with Crippen LogP contribution in [0.5, 0.6) is 0 Å². The molecule has 1 atom stereocenters. The van der Waals surface area contributed by atoms with Gasteiger partial charge in [-0.15, -0.1) is 0 Å². The van der Waals surface area contributed by atoms with Gasteiger partial charge in [-0.3, -0.25) is 9.36 Å². The molecular weight excluding hydrogens is 314 g/mol. The van der Waals surface area contributed by atoms with E-state index in [9.17, 15) is 4.79 Å². The number of benzene rings is 1. The standard InChI is InChI=1S/C19H21N5O/c1-23(2)17(15-6-4-3-5-7-15)13-22-19(25)16-8-9-21-18(12-16)24-11-10-20-14-24/h3-12,14,17H,13H2,1-2H3,(H,22,25). The van der Waals surface area contributed by atoms with E-state index in [2.05, 4.69) is 32.3 Å². The number of nitrogens with one attached hydrogen (secondary N) is 1. The highest BCUT2D eigenvalue weighted by molar-refractivity contribution is 5.94. The van der Waals surface area contributed by atoms with Crippen LogP contribution in [0.4, 0.5) is 0 Å². The molecule has 0 aliphatic carbocycles. The summed E-state index contributed by atoms with van der Waals surface area (Å²) in [5, 5.41) is 3.02. The number of pyridine rings is 1. The first-order valence-corrected chi connectivity index (χ1v) is 8.09. The van der Waals surface area contributed by atoms with Crippen molar-refractivity contribution in [3.63, 3.8) is 0 Å². The van der Waals surface area contributed by atoms with Gasteiger partial charge in [-0.2, -0.15) is 0 Å². The molecule has 0 saturated carbocycles. The summed E-state index contributed by atoms with van der Waals surface area (Å²) in [6, 6.07) is 13.7. The van der Waals surface area contributed by atoms with E-state index in [0.29, 0.717) is 17.9 Å². The van der Waals surface area contributed by atoms with E-state index in [0.717, 1.165) is 0 Å². The summed E-state index contributed by atoms with van der Waals surface area (Å²) >= 11 is 0. The molecule has 0 aliphatic heterocycles. The third-order valence-corrected chi connectivity index (χ3v) is 4.04. The van der Waals surface area contributed by atoms with E-state index in [4.69, 9.17) is 0 Å². The summed E-state index contributed by atoms with van der Waals surface area (Å²) in [5.74, 6) is 0.545. The number of nitrogens with zero attached hydrogens (tertiary/aromatic N) is 4. The van der Waals surface area contributed by atoms with E-state index in [1.807, 2.05) is 32.3 Å². The van der Waals surface area contributed by atoms with Crippen LogP contribution in [0.2, 0.25) is 0 Å². The Labute approximate surface area is 147 Å². The van der Waals surface area contributed by atoms with Gasteiger partial charge in [-0.05, 0) is 31.8 Å². The SMILES string of the molecule is CN(C)C(CNC(=O)c1ccnc(-n2ccnc2)c1)c1ccccc1. The molecule has 0 aliphatic rings. The van der Waals surface area contributed by atoms with Crippen LogP contribution in [0.25, 0.3) is 5.82 Å². The smallest absolute Gasteiger partial charge is 0.251 e. The van der Waals surface area contributed by atoms with Crippen LogP contribution < -0.4 is 5.32 Å². The Bertz CT molecular complexity index is 815. The van der Waals surface area contributed by atoms with E-state index in [-0.39, 0.29) is 11.9 Å². The zero-order chi connectivity index (χ0) is 17.6. The number of rotatable bonds is 6. The number of carbonyl (C=O) groups is 1. The third kappa shape index (κ3) is 4.10. The Hall–Kier alpha value is -2.99. The molecule has 25 heavy (non-hydrogen) atoms. The van der Waals surface area contributed by atoms with Gasteiger partial charge >= 0.3 is 0 Å². The lowest BCUT2D eigenvalue weighted by Crippen LogP contribution is -2.34. The van der Waals surface area contributed by atoms with Crippen molar-refractivity contribution in [3.8, 4) is 5.82 Å². The molecule has 0 fully saturated rings. The van der Waals surface area contributed by atoms with Crippen LogP contribution in [0.15, 0.2) is 67.4 Å². The second kappa shape index (κ2) is 7.72. The summed E-state index contributed by atoms with van der Waals surface area (Å²) in [6.45, 7) is 0.526. The molecule has 0 bridgehead atoms. The fraction of sp³-hybridized carbons (Fsp3) is 0.211. The predicted octanol–water partition coefficient (Wildman–Crippen LogP) is 2.30. The van der Waals surface area contributed by atoms with Gasteiger partial charge in [0.1, 0.15) is 12.1 Å². The van der Waals surface area contributed by atoms with Crippen LogP contribution in [0.1, 0.15) is 22.0 Å². The van der Waals surface area contributed by atoms with Crippen molar-refractivity contribution < 1.29 is 4.79 Å². The number of imidazole rings is 1. The van der Waals surface area contributed by atoms with E-state index in [1.165, 1.54) is 5.56 Å². The van der Waals surface area contributed by atoms with Gasteiger partial charge in [0.05, 0.1) is 6.04 Å². The fourth-order valence-corrected chi connectivity index (χ4v) is 2.66. The zero-order valence-electron chi connectivity index (χ0n) is 14.3. The fourth-order valence-electron chi connectivity index (χ4n) is 2.66. The Morgan fingerprint density at radius 2 is 2.00 bits per heavy atom.